The van der Waals surface area contributed by atoms with Crippen LogP contribution in [0.2, 0.25) is 0 Å². The Labute approximate surface area is 125 Å². The van der Waals surface area contributed by atoms with Gasteiger partial charge in [0, 0.05) is 19.2 Å². The van der Waals surface area contributed by atoms with Crippen molar-refractivity contribution >= 4 is 23.2 Å². The number of aliphatic carboxylic acids is 1. The molecule has 1 N–H and O–H groups in total. The maximum absolute atomic E-state index is 12.3. The van der Waals surface area contributed by atoms with E-state index >= 15 is 0 Å². The van der Waals surface area contributed by atoms with Crippen LogP contribution < -0.4 is 0 Å². The fraction of sp³-hybridized carbons (Fsp3) is 0.357. The highest BCUT2D eigenvalue weighted by molar-refractivity contribution is 7.13. The van der Waals surface area contributed by atoms with Crippen molar-refractivity contribution in [2.24, 2.45) is 5.92 Å². The van der Waals surface area contributed by atoms with Crippen molar-refractivity contribution in [3.63, 3.8) is 0 Å². The quantitative estimate of drug-likeness (QED) is 0.941. The highest BCUT2D eigenvalue weighted by atomic mass is 32.1. The summed E-state index contributed by atoms with van der Waals surface area (Å²) in [4.78, 5) is 25.8. The molecule has 6 nitrogen and oxygen atoms in total. The van der Waals surface area contributed by atoms with E-state index < -0.39 is 5.97 Å². The van der Waals surface area contributed by atoms with Gasteiger partial charge in [-0.25, -0.2) is 0 Å². The van der Waals surface area contributed by atoms with Crippen LogP contribution in [0.3, 0.4) is 0 Å². The molecular weight excluding hydrogens is 292 g/mol. The smallest absolute Gasteiger partial charge is 0.306 e. The van der Waals surface area contributed by atoms with Gasteiger partial charge in [0.05, 0.1) is 10.8 Å². The Morgan fingerprint density at radius 1 is 1.38 bits per heavy atom. The molecule has 0 saturated carbocycles. The van der Waals surface area contributed by atoms with Crippen LogP contribution in [0.1, 0.15) is 23.3 Å². The molecule has 1 amide bonds. The standard InChI is InChI=1S/C14H14N2O4S/c17-13(16-5-3-9(4-6-16)14(18)19)10-8-11(20-15-10)12-2-1-7-21-12/h1-2,7-9H,3-6H2,(H,18,19). The Morgan fingerprint density at radius 3 is 2.76 bits per heavy atom. The topological polar surface area (TPSA) is 83.6 Å². The minimum absolute atomic E-state index is 0.203. The first-order chi connectivity index (χ1) is 10.1. The highest BCUT2D eigenvalue weighted by Gasteiger charge is 2.28. The lowest BCUT2D eigenvalue weighted by Crippen LogP contribution is -2.40. The van der Waals surface area contributed by atoms with Crippen LogP contribution in [0.5, 0.6) is 0 Å². The van der Waals surface area contributed by atoms with Crippen molar-refractivity contribution < 1.29 is 19.2 Å². The van der Waals surface area contributed by atoms with E-state index in [0.717, 1.165) is 4.88 Å². The van der Waals surface area contributed by atoms with E-state index in [1.807, 2.05) is 17.5 Å². The summed E-state index contributed by atoms with van der Waals surface area (Å²) in [5.74, 6) is -0.768. The van der Waals surface area contributed by atoms with Crippen LogP contribution in [0.4, 0.5) is 0 Å². The molecule has 0 aliphatic carbocycles. The molecule has 3 heterocycles. The van der Waals surface area contributed by atoms with E-state index in [1.165, 1.54) is 11.3 Å². The number of thiophene rings is 1. The summed E-state index contributed by atoms with van der Waals surface area (Å²) in [6.45, 7) is 0.883. The van der Waals surface area contributed by atoms with Crippen LogP contribution in [0.15, 0.2) is 28.1 Å². The molecule has 2 aromatic rings. The third-order valence-electron chi connectivity index (χ3n) is 3.62. The number of piperidine rings is 1. The Bertz CT molecular complexity index is 642. The Morgan fingerprint density at radius 2 is 2.14 bits per heavy atom. The SMILES string of the molecule is O=C(O)C1CCN(C(=O)c2cc(-c3cccs3)on2)CC1. The molecule has 0 atom stereocenters. The van der Waals surface area contributed by atoms with E-state index in [4.69, 9.17) is 9.63 Å². The van der Waals surface area contributed by atoms with Crippen LogP contribution in [0, 0.1) is 5.92 Å². The Hall–Kier alpha value is -2.15. The predicted molar refractivity (Wildman–Crippen MR) is 76.1 cm³/mol. The number of amides is 1. The van der Waals surface area contributed by atoms with Gasteiger partial charge < -0.3 is 14.5 Å². The molecule has 3 rings (SSSR count). The average Bonchev–Trinajstić information content (AvgIpc) is 3.17. The van der Waals surface area contributed by atoms with Crippen molar-refractivity contribution in [1.82, 2.24) is 10.1 Å². The second-order valence-corrected chi connectivity index (χ2v) is 5.91. The number of carbonyl (C=O) groups is 2. The zero-order valence-electron chi connectivity index (χ0n) is 11.2. The number of rotatable bonds is 3. The van der Waals surface area contributed by atoms with Gasteiger partial charge in [-0.1, -0.05) is 11.2 Å². The monoisotopic (exact) mass is 306 g/mol. The molecular formula is C14H14N2O4S. The molecule has 0 unspecified atom stereocenters. The lowest BCUT2D eigenvalue weighted by molar-refractivity contribution is -0.143. The number of hydrogen-bond donors (Lipinski definition) is 1. The van der Waals surface area contributed by atoms with Gasteiger partial charge >= 0.3 is 5.97 Å². The van der Waals surface area contributed by atoms with Gasteiger partial charge in [-0.3, -0.25) is 9.59 Å². The highest BCUT2D eigenvalue weighted by Crippen LogP contribution is 2.26. The lowest BCUT2D eigenvalue weighted by Gasteiger charge is -2.29. The van der Waals surface area contributed by atoms with Crippen molar-refractivity contribution in [2.75, 3.05) is 13.1 Å². The van der Waals surface area contributed by atoms with Gasteiger partial charge in [0.2, 0.25) is 0 Å². The van der Waals surface area contributed by atoms with Crippen molar-refractivity contribution in [1.29, 1.82) is 0 Å². The molecule has 1 fully saturated rings. The molecule has 2 aromatic heterocycles. The first kappa shape index (κ1) is 13.8. The summed E-state index contributed by atoms with van der Waals surface area (Å²) in [5, 5.41) is 14.7. The minimum atomic E-state index is -0.788. The van der Waals surface area contributed by atoms with E-state index in [9.17, 15) is 9.59 Å². The molecule has 0 radical (unpaired) electrons. The van der Waals surface area contributed by atoms with Crippen LogP contribution in [-0.2, 0) is 4.79 Å². The number of carbonyl (C=O) groups excluding carboxylic acids is 1. The first-order valence-electron chi connectivity index (χ1n) is 6.68. The molecule has 7 heteroatoms. The predicted octanol–water partition coefficient (Wildman–Crippen LogP) is 2.34. The first-order valence-corrected chi connectivity index (χ1v) is 7.56. The van der Waals surface area contributed by atoms with Gasteiger partial charge in [-0.05, 0) is 24.3 Å². The number of carboxylic acids is 1. The maximum atomic E-state index is 12.3. The van der Waals surface area contributed by atoms with Crippen molar-refractivity contribution in [2.45, 2.75) is 12.8 Å². The zero-order chi connectivity index (χ0) is 14.8. The molecule has 1 aliphatic rings. The summed E-state index contributed by atoms with van der Waals surface area (Å²) in [6.07, 6.45) is 0.966. The van der Waals surface area contributed by atoms with Gasteiger partial charge in [-0.15, -0.1) is 11.3 Å². The normalized spacial score (nSPS) is 16.1. The van der Waals surface area contributed by atoms with Crippen LogP contribution in [0.25, 0.3) is 10.6 Å². The minimum Gasteiger partial charge on any atom is -0.481 e. The van der Waals surface area contributed by atoms with Gasteiger partial charge in [0.25, 0.3) is 5.91 Å². The Balaban J connectivity index is 1.68. The van der Waals surface area contributed by atoms with E-state index in [0.29, 0.717) is 31.7 Å². The molecule has 0 aromatic carbocycles. The van der Waals surface area contributed by atoms with Crippen LogP contribution >= 0.6 is 11.3 Å². The number of likely N-dealkylation sites (tertiary alicyclic amines) is 1. The fourth-order valence-electron chi connectivity index (χ4n) is 2.40. The summed E-state index contributed by atoms with van der Waals surface area (Å²) in [6, 6.07) is 5.44. The largest absolute Gasteiger partial charge is 0.481 e. The summed E-state index contributed by atoms with van der Waals surface area (Å²) in [5.41, 5.74) is 0.271. The third-order valence-corrected chi connectivity index (χ3v) is 4.51. The summed E-state index contributed by atoms with van der Waals surface area (Å²) in [7, 11) is 0. The molecule has 0 spiro atoms. The van der Waals surface area contributed by atoms with E-state index in [1.54, 1.807) is 11.0 Å². The number of hydrogen-bond acceptors (Lipinski definition) is 5. The van der Waals surface area contributed by atoms with Crippen molar-refractivity contribution in [3.05, 3.63) is 29.3 Å². The van der Waals surface area contributed by atoms with Crippen molar-refractivity contribution in [3.8, 4) is 10.6 Å². The molecule has 110 valence electrons. The fourth-order valence-corrected chi connectivity index (χ4v) is 3.08. The molecule has 1 aliphatic heterocycles. The lowest BCUT2D eigenvalue weighted by atomic mass is 9.97. The number of nitrogens with zero attached hydrogens (tertiary/aromatic N) is 2. The van der Waals surface area contributed by atoms with Gasteiger partial charge in [-0.2, -0.15) is 0 Å². The maximum Gasteiger partial charge on any atom is 0.306 e. The Kier molecular flexibility index (Phi) is 3.74. The number of carboxylic acid groups (broad SMARTS) is 1. The molecule has 0 bridgehead atoms. The summed E-state index contributed by atoms with van der Waals surface area (Å²) >= 11 is 1.52. The summed E-state index contributed by atoms with van der Waals surface area (Å²) < 4.78 is 5.20. The zero-order valence-corrected chi connectivity index (χ0v) is 12.0. The van der Waals surface area contributed by atoms with Gasteiger partial charge in [0.15, 0.2) is 11.5 Å². The number of aromatic nitrogens is 1. The third kappa shape index (κ3) is 2.82. The average molecular weight is 306 g/mol. The second kappa shape index (κ2) is 5.69. The van der Waals surface area contributed by atoms with Gasteiger partial charge in [0.1, 0.15) is 0 Å². The molecule has 21 heavy (non-hydrogen) atoms. The van der Waals surface area contributed by atoms with Crippen LogP contribution in [-0.4, -0.2) is 40.1 Å². The van der Waals surface area contributed by atoms with E-state index in [2.05, 4.69) is 5.16 Å². The van der Waals surface area contributed by atoms with E-state index in [-0.39, 0.29) is 17.5 Å². The second-order valence-electron chi connectivity index (χ2n) is 4.96. The molecule has 1 saturated heterocycles.